The molecule has 1 aromatic rings. The zero-order valence-electron chi connectivity index (χ0n) is 13.9. The number of nitrogens with zero attached hydrogens (tertiary/aromatic N) is 1. The number of nitrogens with one attached hydrogen (secondary N) is 1. The molecule has 2 atom stereocenters. The number of aryl methyl sites for hydroxylation is 1. The Labute approximate surface area is 130 Å². The van der Waals surface area contributed by atoms with Crippen LogP contribution in [0.2, 0.25) is 0 Å². The third-order valence-electron chi connectivity index (χ3n) is 4.73. The fourth-order valence-electron chi connectivity index (χ4n) is 3.38. The van der Waals surface area contributed by atoms with Gasteiger partial charge in [0.15, 0.2) is 0 Å². The molecule has 0 saturated carbocycles. The van der Waals surface area contributed by atoms with Crippen LogP contribution >= 0.6 is 0 Å². The van der Waals surface area contributed by atoms with E-state index in [-0.39, 0.29) is 0 Å². The predicted molar refractivity (Wildman–Crippen MR) is 91.7 cm³/mol. The number of rotatable bonds is 8. The van der Waals surface area contributed by atoms with E-state index in [1.807, 2.05) is 0 Å². The Morgan fingerprint density at radius 2 is 1.95 bits per heavy atom. The lowest BCUT2D eigenvalue weighted by molar-refractivity contribution is 0.119. The highest BCUT2D eigenvalue weighted by molar-refractivity contribution is 5.14. The zero-order chi connectivity index (χ0) is 14.9. The predicted octanol–water partition coefficient (Wildman–Crippen LogP) is 3.86. The molecular weight excluding hydrogens is 256 g/mol. The van der Waals surface area contributed by atoms with Crippen molar-refractivity contribution >= 4 is 0 Å². The lowest BCUT2D eigenvalue weighted by Gasteiger charge is -2.40. The summed E-state index contributed by atoms with van der Waals surface area (Å²) in [5, 5.41) is 3.71. The standard InChI is InChI=1S/C19H32N2/c1-3-10-19-15-20-18(4-2)16-21(19)14-9-8-13-17-11-6-5-7-12-17/h5-7,11-12,18-20H,3-4,8-10,13-16H2,1-2H3. The first-order chi connectivity index (χ1) is 10.3. The lowest BCUT2D eigenvalue weighted by atomic mass is 10.0. The summed E-state index contributed by atoms with van der Waals surface area (Å²) >= 11 is 0. The molecule has 0 aromatic heterocycles. The molecule has 1 aromatic carbocycles. The van der Waals surface area contributed by atoms with Crippen LogP contribution in [0.5, 0.6) is 0 Å². The number of benzene rings is 1. The largest absolute Gasteiger partial charge is 0.311 e. The van der Waals surface area contributed by atoms with Gasteiger partial charge in [0.2, 0.25) is 0 Å². The highest BCUT2D eigenvalue weighted by Crippen LogP contribution is 2.15. The number of hydrogen-bond acceptors (Lipinski definition) is 2. The Hall–Kier alpha value is -0.860. The van der Waals surface area contributed by atoms with E-state index in [1.54, 1.807) is 0 Å². The number of unbranched alkanes of at least 4 members (excludes halogenated alkanes) is 1. The minimum absolute atomic E-state index is 0.701. The van der Waals surface area contributed by atoms with Crippen molar-refractivity contribution in [3.8, 4) is 0 Å². The fourth-order valence-corrected chi connectivity index (χ4v) is 3.38. The summed E-state index contributed by atoms with van der Waals surface area (Å²) in [5.41, 5.74) is 1.48. The molecule has 2 rings (SSSR count). The maximum absolute atomic E-state index is 3.71. The molecule has 0 radical (unpaired) electrons. The highest BCUT2D eigenvalue weighted by atomic mass is 15.2. The topological polar surface area (TPSA) is 15.3 Å². The smallest absolute Gasteiger partial charge is 0.0221 e. The summed E-state index contributed by atoms with van der Waals surface area (Å²) in [6.45, 7) is 8.30. The van der Waals surface area contributed by atoms with Crippen LogP contribution in [0.3, 0.4) is 0 Å². The summed E-state index contributed by atoms with van der Waals surface area (Å²) in [5.74, 6) is 0. The molecule has 1 fully saturated rings. The summed E-state index contributed by atoms with van der Waals surface area (Å²) in [6, 6.07) is 12.4. The van der Waals surface area contributed by atoms with E-state index < -0.39 is 0 Å². The molecule has 118 valence electrons. The van der Waals surface area contributed by atoms with Crippen LogP contribution in [-0.2, 0) is 6.42 Å². The second-order valence-corrected chi connectivity index (χ2v) is 6.39. The van der Waals surface area contributed by atoms with Gasteiger partial charge in [-0.1, -0.05) is 50.6 Å². The molecule has 1 saturated heterocycles. The normalized spacial score (nSPS) is 23.3. The van der Waals surface area contributed by atoms with Gasteiger partial charge in [0, 0.05) is 25.2 Å². The molecule has 2 unspecified atom stereocenters. The van der Waals surface area contributed by atoms with Crippen molar-refractivity contribution < 1.29 is 0 Å². The van der Waals surface area contributed by atoms with E-state index in [4.69, 9.17) is 0 Å². The van der Waals surface area contributed by atoms with Crippen molar-refractivity contribution in [2.24, 2.45) is 0 Å². The van der Waals surface area contributed by atoms with Crippen LogP contribution in [0.25, 0.3) is 0 Å². The molecule has 0 amide bonds. The Morgan fingerprint density at radius 1 is 1.14 bits per heavy atom. The van der Waals surface area contributed by atoms with Crippen molar-refractivity contribution in [3.05, 3.63) is 35.9 Å². The van der Waals surface area contributed by atoms with Gasteiger partial charge < -0.3 is 5.32 Å². The fraction of sp³-hybridized carbons (Fsp3) is 0.684. The van der Waals surface area contributed by atoms with E-state index in [0.29, 0.717) is 6.04 Å². The highest BCUT2D eigenvalue weighted by Gasteiger charge is 2.25. The lowest BCUT2D eigenvalue weighted by Crippen LogP contribution is -2.56. The van der Waals surface area contributed by atoms with Crippen LogP contribution < -0.4 is 5.32 Å². The van der Waals surface area contributed by atoms with Gasteiger partial charge in [0.25, 0.3) is 0 Å². The molecule has 2 heteroatoms. The number of hydrogen-bond donors (Lipinski definition) is 1. The third kappa shape index (κ3) is 5.44. The van der Waals surface area contributed by atoms with Crippen LogP contribution in [0.4, 0.5) is 0 Å². The van der Waals surface area contributed by atoms with Gasteiger partial charge in [-0.15, -0.1) is 0 Å². The Balaban J connectivity index is 1.73. The first-order valence-electron chi connectivity index (χ1n) is 8.84. The Bertz CT molecular complexity index is 376. The van der Waals surface area contributed by atoms with E-state index in [1.165, 1.54) is 63.7 Å². The molecule has 1 N–H and O–H groups in total. The summed E-state index contributed by atoms with van der Waals surface area (Å²) in [7, 11) is 0. The van der Waals surface area contributed by atoms with E-state index in [9.17, 15) is 0 Å². The first kappa shape index (κ1) is 16.5. The summed E-state index contributed by atoms with van der Waals surface area (Å²) in [4.78, 5) is 2.75. The van der Waals surface area contributed by atoms with E-state index in [2.05, 4.69) is 54.4 Å². The monoisotopic (exact) mass is 288 g/mol. The van der Waals surface area contributed by atoms with Crippen molar-refractivity contribution in [3.63, 3.8) is 0 Å². The van der Waals surface area contributed by atoms with Gasteiger partial charge >= 0.3 is 0 Å². The summed E-state index contributed by atoms with van der Waals surface area (Å²) in [6.07, 6.45) is 7.74. The first-order valence-corrected chi connectivity index (χ1v) is 8.84. The molecule has 0 spiro atoms. The molecule has 0 aliphatic carbocycles. The second kappa shape index (κ2) is 9.22. The van der Waals surface area contributed by atoms with Gasteiger partial charge in [0.1, 0.15) is 0 Å². The van der Waals surface area contributed by atoms with Gasteiger partial charge in [-0.25, -0.2) is 0 Å². The van der Waals surface area contributed by atoms with Gasteiger partial charge in [-0.05, 0) is 44.2 Å². The van der Waals surface area contributed by atoms with Crippen LogP contribution in [0.1, 0.15) is 51.5 Å². The minimum Gasteiger partial charge on any atom is -0.311 e. The Kier molecular flexibility index (Phi) is 7.25. The molecular formula is C19H32N2. The Morgan fingerprint density at radius 3 is 2.67 bits per heavy atom. The molecule has 1 heterocycles. The zero-order valence-corrected chi connectivity index (χ0v) is 13.9. The van der Waals surface area contributed by atoms with Crippen molar-refractivity contribution in [1.29, 1.82) is 0 Å². The summed E-state index contributed by atoms with van der Waals surface area (Å²) < 4.78 is 0. The number of piperazine rings is 1. The quantitative estimate of drug-likeness (QED) is 0.731. The molecule has 2 nitrogen and oxygen atoms in total. The molecule has 0 bridgehead atoms. The minimum atomic E-state index is 0.701. The maximum atomic E-state index is 3.71. The average molecular weight is 288 g/mol. The van der Waals surface area contributed by atoms with Crippen LogP contribution in [0, 0.1) is 0 Å². The van der Waals surface area contributed by atoms with Crippen LogP contribution in [0.15, 0.2) is 30.3 Å². The van der Waals surface area contributed by atoms with Gasteiger partial charge in [-0.3, -0.25) is 4.90 Å². The SMILES string of the molecule is CCCC1CNC(CC)CN1CCCCc1ccccc1. The van der Waals surface area contributed by atoms with Gasteiger partial charge in [0.05, 0.1) is 0 Å². The van der Waals surface area contributed by atoms with E-state index >= 15 is 0 Å². The second-order valence-electron chi connectivity index (χ2n) is 6.39. The van der Waals surface area contributed by atoms with Gasteiger partial charge in [-0.2, -0.15) is 0 Å². The maximum Gasteiger partial charge on any atom is 0.0221 e. The average Bonchev–Trinajstić information content (AvgIpc) is 2.54. The molecule has 1 aliphatic rings. The van der Waals surface area contributed by atoms with Crippen molar-refractivity contribution in [2.75, 3.05) is 19.6 Å². The van der Waals surface area contributed by atoms with E-state index in [0.717, 1.165) is 6.04 Å². The molecule has 1 aliphatic heterocycles. The molecule has 21 heavy (non-hydrogen) atoms. The van der Waals surface area contributed by atoms with Crippen molar-refractivity contribution in [1.82, 2.24) is 10.2 Å². The van der Waals surface area contributed by atoms with Crippen LogP contribution in [-0.4, -0.2) is 36.6 Å². The third-order valence-corrected chi connectivity index (χ3v) is 4.73. The van der Waals surface area contributed by atoms with Crippen molar-refractivity contribution in [2.45, 2.75) is 64.5 Å².